The monoisotopic (exact) mass is 304 g/mol. The molecule has 6 nitrogen and oxygen atoms in total. The molecular formula is C16H24N4O2. The molecule has 0 radical (unpaired) electrons. The van der Waals surface area contributed by atoms with Gasteiger partial charge in [0.1, 0.15) is 5.75 Å². The summed E-state index contributed by atoms with van der Waals surface area (Å²) in [5.41, 5.74) is 7.47. The molecule has 0 bridgehead atoms. The molecule has 0 saturated heterocycles. The molecule has 0 unspecified atom stereocenters. The van der Waals surface area contributed by atoms with Gasteiger partial charge in [-0.05, 0) is 36.5 Å². The summed E-state index contributed by atoms with van der Waals surface area (Å²) < 4.78 is 5.22. The molecule has 0 heterocycles. The van der Waals surface area contributed by atoms with E-state index in [1.165, 1.54) is 26.2 Å². The number of amides is 1. The fourth-order valence-corrected chi connectivity index (χ4v) is 2.32. The maximum absolute atomic E-state index is 11.2. The summed E-state index contributed by atoms with van der Waals surface area (Å²) in [6.45, 7) is 2.82. The topological polar surface area (TPSA) is 88.7 Å². The Labute approximate surface area is 131 Å². The van der Waals surface area contributed by atoms with Crippen LogP contribution in [0, 0.1) is 5.92 Å². The van der Waals surface area contributed by atoms with E-state index < -0.39 is 0 Å². The molecule has 2 rings (SSSR count). The third-order valence-corrected chi connectivity index (χ3v) is 3.80. The van der Waals surface area contributed by atoms with E-state index in [1.54, 1.807) is 7.11 Å². The zero-order valence-electron chi connectivity index (χ0n) is 13.2. The lowest BCUT2D eigenvalue weighted by atomic mass is 9.85. The minimum Gasteiger partial charge on any atom is -0.495 e. The van der Waals surface area contributed by atoms with E-state index in [-0.39, 0.29) is 5.91 Å². The Kier molecular flexibility index (Phi) is 5.63. The molecule has 1 amide bonds. The predicted octanol–water partition coefficient (Wildman–Crippen LogP) is 1.86. The molecule has 0 atom stereocenters. The van der Waals surface area contributed by atoms with Gasteiger partial charge in [0.2, 0.25) is 5.91 Å². The van der Waals surface area contributed by atoms with Crippen LogP contribution in [0.25, 0.3) is 0 Å². The summed E-state index contributed by atoms with van der Waals surface area (Å²) in [5, 5.41) is 5.91. The van der Waals surface area contributed by atoms with Crippen LogP contribution in [0.5, 0.6) is 5.75 Å². The molecule has 1 aliphatic rings. The Morgan fingerprint density at radius 1 is 1.45 bits per heavy atom. The molecule has 0 aromatic heterocycles. The zero-order valence-corrected chi connectivity index (χ0v) is 13.2. The van der Waals surface area contributed by atoms with E-state index in [1.807, 2.05) is 18.2 Å². The van der Waals surface area contributed by atoms with Gasteiger partial charge in [-0.15, -0.1) is 0 Å². The quantitative estimate of drug-likeness (QED) is 0.553. The fourth-order valence-electron chi connectivity index (χ4n) is 2.32. The number of hydrogen-bond acceptors (Lipinski definition) is 3. The summed E-state index contributed by atoms with van der Waals surface area (Å²) >= 11 is 0. The van der Waals surface area contributed by atoms with Crippen molar-refractivity contribution in [3.05, 3.63) is 23.8 Å². The summed E-state index contributed by atoms with van der Waals surface area (Å²) in [5.74, 6) is 1.68. The average Bonchev–Trinajstić information content (AvgIpc) is 2.43. The fraction of sp³-hybridized carbons (Fsp3) is 0.500. The molecule has 1 aromatic carbocycles. The number of methoxy groups -OCH3 is 1. The Balaban J connectivity index is 1.94. The maximum atomic E-state index is 11.2. The lowest BCUT2D eigenvalue weighted by molar-refractivity contribution is -0.114. The van der Waals surface area contributed by atoms with Gasteiger partial charge in [0, 0.05) is 13.5 Å². The second-order valence-corrected chi connectivity index (χ2v) is 5.60. The van der Waals surface area contributed by atoms with E-state index in [4.69, 9.17) is 10.5 Å². The highest BCUT2D eigenvalue weighted by Gasteiger charge is 2.16. The first kappa shape index (κ1) is 16.1. The molecule has 1 aliphatic carbocycles. The average molecular weight is 304 g/mol. The zero-order chi connectivity index (χ0) is 15.9. The third kappa shape index (κ3) is 4.65. The van der Waals surface area contributed by atoms with Crippen molar-refractivity contribution in [2.45, 2.75) is 32.7 Å². The molecule has 1 saturated carbocycles. The van der Waals surface area contributed by atoms with Crippen molar-refractivity contribution in [3.8, 4) is 5.75 Å². The minimum absolute atomic E-state index is 0.138. The van der Waals surface area contributed by atoms with Gasteiger partial charge in [-0.2, -0.15) is 0 Å². The van der Waals surface area contributed by atoms with Crippen LogP contribution in [0.3, 0.4) is 0 Å². The Morgan fingerprint density at radius 2 is 2.23 bits per heavy atom. The van der Waals surface area contributed by atoms with Crippen molar-refractivity contribution in [2.75, 3.05) is 19.0 Å². The summed E-state index contributed by atoms with van der Waals surface area (Å²) in [6, 6.07) is 5.57. The molecule has 4 N–H and O–H groups in total. The first-order valence-electron chi connectivity index (χ1n) is 7.56. The number of nitrogens with one attached hydrogen (secondary N) is 2. The van der Waals surface area contributed by atoms with Gasteiger partial charge in [0.15, 0.2) is 5.96 Å². The van der Waals surface area contributed by atoms with E-state index in [9.17, 15) is 4.79 Å². The van der Waals surface area contributed by atoms with E-state index in [0.29, 0.717) is 23.9 Å². The van der Waals surface area contributed by atoms with E-state index in [0.717, 1.165) is 18.0 Å². The predicted molar refractivity (Wildman–Crippen MR) is 88.0 cm³/mol. The van der Waals surface area contributed by atoms with Gasteiger partial charge in [0.05, 0.1) is 19.3 Å². The SMILES string of the molecule is COc1ccc(CN=C(N)NCC2CCC2)cc1NC(C)=O. The van der Waals surface area contributed by atoms with Crippen LogP contribution in [0.1, 0.15) is 31.7 Å². The minimum atomic E-state index is -0.138. The van der Waals surface area contributed by atoms with Crippen molar-refractivity contribution in [1.82, 2.24) is 5.32 Å². The van der Waals surface area contributed by atoms with E-state index >= 15 is 0 Å². The second-order valence-electron chi connectivity index (χ2n) is 5.60. The van der Waals surface area contributed by atoms with Gasteiger partial charge < -0.3 is 21.1 Å². The van der Waals surface area contributed by atoms with Gasteiger partial charge in [-0.25, -0.2) is 4.99 Å². The molecule has 6 heteroatoms. The van der Waals surface area contributed by atoms with Crippen LogP contribution < -0.4 is 21.1 Å². The maximum Gasteiger partial charge on any atom is 0.221 e. The first-order chi connectivity index (χ1) is 10.6. The Bertz CT molecular complexity index is 553. The number of carbonyl (C=O) groups is 1. The number of hydrogen-bond donors (Lipinski definition) is 3. The summed E-state index contributed by atoms with van der Waals surface area (Å²) in [6.07, 6.45) is 3.87. The number of rotatable bonds is 6. The van der Waals surface area contributed by atoms with Crippen LogP contribution in [-0.2, 0) is 11.3 Å². The van der Waals surface area contributed by atoms with Crippen LogP contribution >= 0.6 is 0 Å². The number of guanidine groups is 1. The van der Waals surface area contributed by atoms with Crippen LogP contribution in [-0.4, -0.2) is 25.5 Å². The van der Waals surface area contributed by atoms with Gasteiger partial charge in [-0.1, -0.05) is 12.5 Å². The van der Waals surface area contributed by atoms with Gasteiger partial charge in [0.25, 0.3) is 0 Å². The number of nitrogens with two attached hydrogens (primary N) is 1. The standard InChI is InChI=1S/C16H24N4O2/c1-11(21)20-14-8-13(6-7-15(14)22-2)10-19-16(17)18-9-12-4-3-5-12/h6-8,12H,3-5,9-10H2,1-2H3,(H,20,21)(H3,17,18,19). The molecule has 0 aliphatic heterocycles. The van der Waals surface area contributed by atoms with Crippen molar-refractivity contribution in [1.29, 1.82) is 0 Å². The van der Waals surface area contributed by atoms with Crippen LogP contribution in [0.2, 0.25) is 0 Å². The summed E-state index contributed by atoms with van der Waals surface area (Å²) in [7, 11) is 1.57. The number of carbonyl (C=O) groups excluding carboxylic acids is 1. The number of anilines is 1. The van der Waals surface area contributed by atoms with E-state index in [2.05, 4.69) is 15.6 Å². The highest BCUT2D eigenvalue weighted by atomic mass is 16.5. The normalized spacial score (nSPS) is 15.1. The molecule has 1 fully saturated rings. The smallest absolute Gasteiger partial charge is 0.221 e. The largest absolute Gasteiger partial charge is 0.495 e. The van der Waals surface area contributed by atoms with Crippen molar-refractivity contribution >= 4 is 17.6 Å². The number of aliphatic imine (C=N–C) groups is 1. The highest BCUT2D eigenvalue weighted by molar-refractivity contribution is 5.90. The number of nitrogens with zero attached hydrogens (tertiary/aromatic N) is 1. The molecular weight excluding hydrogens is 280 g/mol. The lowest BCUT2D eigenvalue weighted by Crippen LogP contribution is -2.37. The number of benzene rings is 1. The van der Waals surface area contributed by atoms with Crippen molar-refractivity contribution in [2.24, 2.45) is 16.6 Å². The summed E-state index contributed by atoms with van der Waals surface area (Å²) in [4.78, 5) is 15.5. The van der Waals surface area contributed by atoms with Gasteiger partial charge in [-0.3, -0.25) is 4.79 Å². The molecule has 0 spiro atoms. The second kappa shape index (κ2) is 7.68. The molecule has 1 aromatic rings. The highest BCUT2D eigenvalue weighted by Crippen LogP contribution is 2.26. The lowest BCUT2D eigenvalue weighted by Gasteiger charge is -2.25. The van der Waals surface area contributed by atoms with Crippen molar-refractivity contribution in [3.63, 3.8) is 0 Å². The third-order valence-electron chi connectivity index (χ3n) is 3.80. The first-order valence-corrected chi connectivity index (χ1v) is 7.56. The van der Waals surface area contributed by atoms with Crippen LogP contribution in [0.4, 0.5) is 5.69 Å². The number of ether oxygens (including phenoxy) is 1. The van der Waals surface area contributed by atoms with Crippen LogP contribution in [0.15, 0.2) is 23.2 Å². The molecule has 22 heavy (non-hydrogen) atoms. The Morgan fingerprint density at radius 3 is 2.82 bits per heavy atom. The van der Waals surface area contributed by atoms with Crippen molar-refractivity contribution < 1.29 is 9.53 Å². The van der Waals surface area contributed by atoms with Gasteiger partial charge >= 0.3 is 0 Å². The Hall–Kier alpha value is -2.24. The molecule has 120 valence electrons.